The monoisotopic (exact) mass is 332 g/mol. The first-order chi connectivity index (χ1) is 9.40. The third-order valence-corrected chi connectivity index (χ3v) is 5.95. The van der Waals surface area contributed by atoms with Crippen molar-refractivity contribution in [3.8, 4) is 0 Å². The van der Waals surface area contributed by atoms with E-state index in [2.05, 4.69) is 9.55 Å². The largest absolute Gasteiger partial charge is 0.324 e. The second-order valence-electron chi connectivity index (χ2n) is 5.24. The van der Waals surface area contributed by atoms with Crippen LogP contribution in [0.1, 0.15) is 24.7 Å². The Morgan fingerprint density at radius 3 is 2.70 bits per heavy atom. The molecule has 0 saturated heterocycles. The fraction of sp³-hybridized carbons (Fsp3) is 0.462. The number of halogens is 2. The van der Waals surface area contributed by atoms with Gasteiger partial charge < -0.3 is 4.57 Å². The summed E-state index contributed by atoms with van der Waals surface area (Å²) in [5, 5.41) is 0.381. The van der Waals surface area contributed by atoms with Crippen LogP contribution >= 0.6 is 23.2 Å². The van der Waals surface area contributed by atoms with Crippen LogP contribution in [-0.2, 0) is 15.7 Å². The molecule has 0 N–H and O–H groups in total. The predicted molar refractivity (Wildman–Crippen MR) is 81.2 cm³/mol. The SMILES string of the molecule is CS(=O)(=O)[C@H]1C[C@@H](n2c(CCl)nc3cc(Cl)ccc32)C1. The molecular formula is C13H14Cl2N2O2S. The number of aromatic nitrogens is 2. The first-order valence-corrected chi connectivity index (χ1v) is 9.18. The molecule has 1 aliphatic carbocycles. The van der Waals surface area contributed by atoms with Gasteiger partial charge in [-0.3, -0.25) is 0 Å². The van der Waals surface area contributed by atoms with Crippen molar-refractivity contribution in [3.05, 3.63) is 29.0 Å². The van der Waals surface area contributed by atoms with Gasteiger partial charge in [-0.15, -0.1) is 11.6 Å². The van der Waals surface area contributed by atoms with E-state index in [9.17, 15) is 8.42 Å². The van der Waals surface area contributed by atoms with Crippen molar-refractivity contribution >= 4 is 44.1 Å². The van der Waals surface area contributed by atoms with Crippen molar-refractivity contribution in [2.24, 2.45) is 0 Å². The number of hydrogen-bond donors (Lipinski definition) is 0. The lowest BCUT2D eigenvalue weighted by Crippen LogP contribution is -2.37. The molecule has 1 heterocycles. The molecule has 4 nitrogen and oxygen atoms in total. The average Bonchev–Trinajstić information content (AvgIpc) is 2.63. The van der Waals surface area contributed by atoms with Crippen molar-refractivity contribution in [2.75, 3.05) is 6.26 Å². The number of nitrogens with zero attached hydrogens (tertiary/aromatic N) is 2. The van der Waals surface area contributed by atoms with Gasteiger partial charge in [-0.05, 0) is 31.0 Å². The molecule has 108 valence electrons. The standard InChI is InChI=1S/C13H14Cl2N2O2S/c1-20(18,19)10-5-9(6-10)17-12-3-2-8(15)4-11(12)16-13(17)7-14/h2-4,9-10H,5-7H2,1H3/t9-,10+. The highest BCUT2D eigenvalue weighted by atomic mass is 35.5. The molecule has 20 heavy (non-hydrogen) atoms. The van der Waals surface area contributed by atoms with Crippen molar-refractivity contribution in [3.63, 3.8) is 0 Å². The van der Waals surface area contributed by atoms with Gasteiger partial charge in [0.15, 0.2) is 0 Å². The summed E-state index contributed by atoms with van der Waals surface area (Å²) in [7, 11) is -2.96. The molecule has 0 bridgehead atoms. The van der Waals surface area contributed by atoms with Crippen molar-refractivity contribution in [2.45, 2.75) is 30.0 Å². The van der Waals surface area contributed by atoms with Crippen molar-refractivity contribution in [1.82, 2.24) is 9.55 Å². The second kappa shape index (κ2) is 4.90. The molecule has 0 radical (unpaired) electrons. The average molecular weight is 333 g/mol. The fourth-order valence-electron chi connectivity index (χ4n) is 2.72. The summed E-state index contributed by atoms with van der Waals surface area (Å²) in [4.78, 5) is 4.48. The molecule has 3 rings (SSSR count). The summed E-state index contributed by atoms with van der Waals surface area (Å²) >= 11 is 11.9. The Morgan fingerprint density at radius 2 is 2.10 bits per heavy atom. The maximum absolute atomic E-state index is 11.5. The molecule has 0 atom stereocenters. The van der Waals surface area contributed by atoms with E-state index < -0.39 is 9.84 Å². The maximum atomic E-state index is 11.5. The number of imidazole rings is 1. The molecule has 0 amide bonds. The molecule has 7 heteroatoms. The van der Waals surface area contributed by atoms with Gasteiger partial charge >= 0.3 is 0 Å². The van der Waals surface area contributed by atoms with Crippen LogP contribution in [0.25, 0.3) is 11.0 Å². The van der Waals surface area contributed by atoms with E-state index in [1.54, 1.807) is 6.07 Å². The number of alkyl halides is 1. The molecule has 0 spiro atoms. The molecule has 1 aromatic carbocycles. The normalized spacial score (nSPS) is 22.9. The van der Waals surface area contributed by atoms with Gasteiger partial charge in [0.05, 0.1) is 22.2 Å². The minimum absolute atomic E-state index is 0.148. The van der Waals surface area contributed by atoms with E-state index in [4.69, 9.17) is 23.2 Å². The number of rotatable bonds is 3. The highest BCUT2D eigenvalue weighted by molar-refractivity contribution is 7.91. The predicted octanol–water partition coefficient (Wildman–Crippen LogP) is 3.18. The number of hydrogen-bond acceptors (Lipinski definition) is 3. The lowest BCUT2D eigenvalue weighted by molar-refractivity contribution is 0.316. The van der Waals surface area contributed by atoms with Crippen LogP contribution in [-0.4, -0.2) is 29.5 Å². The third kappa shape index (κ3) is 2.32. The van der Waals surface area contributed by atoms with Gasteiger partial charge in [0, 0.05) is 17.3 Å². The van der Waals surface area contributed by atoms with Crippen molar-refractivity contribution in [1.29, 1.82) is 0 Å². The van der Waals surface area contributed by atoms with Crippen LogP contribution in [0.15, 0.2) is 18.2 Å². The zero-order chi connectivity index (χ0) is 14.5. The smallest absolute Gasteiger partial charge is 0.150 e. The topological polar surface area (TPSA) is 52.0 Å². The van der Waals surface area contributed by atoms with Gasteiger partial charge in [-0.25, -0.2) is 13.4 Å². The van der Waals surface area contributed by atoms with Crippen molar-refractivity contribution < 1.29 is 8.42 Å². The van der Waals surface area contributed by atoms with Gasteiger partial charge in [-0.2, -0.15) is 0 Å². The molecular weight excluding hydrogens is 319 g/mol. The number of benzene rings is 1. The zero-order valence-electron chi connectivity index (χ0n) is 10.9. The highest BCUT2D eigenvalue weighted by Crippen LogP contribution is 2.40. The molecule has 2 aromatic rings. The van der Waals surface area contributed by atoms with E-state index in [1.165, 1.54) is 6.26 Å². The van der Waals surface area contributed by atoms with E-state index in [0.29, 0.717) is 23.7 Å². The minimum atomic E-state index is -2.96. The summed E-state index contributed by atoms with van der Waals surface area (Å²) in [6.45, 7) is 0. The summed E-state index contributed by atoms with van der Waals surface area (Å²) < 4.78 is 25.1. The van der Waals surface area contributed by atoms with Gasteiger partial charge in [-0.1, -0.05) is 11.6 Å². The van der Waals surface area contributed by atoms with Gasteiger partial charge in [0.25, 0.3) is 0 Å². The van der Waals surface area contributed by atoms with Gasteiger partial charge in [0.1, 0.15) is 15.7 Å². The first kappa shape index (κ1) is 14.2. The Kier molecular flexibility index (Phi) is 3.47. The van der Waals surface area contributed by atoms with E-state index >= 15 is 0 Å². The van der Waals surface area contributed by atoms with Crippen LogP contribution in [0.4, 0.5) is 0 Å². The molecule has 1 fully saturated rings. The molecule has 0 aliphatic heterocycles. The summed E-state index contributed by atoms with van der Waals surface area (Å²) in [5.41, 5.74) is 1.76. The Morgan fingerprint density at radius 1 is 1.40 bits per heavy atom. The summed E-state index contributed by atoms with van der Waals surface area (Å²) in [6.07, 6.45) is 2.54. The second-order valence-corrected chi connectivity index (χ2v) is 8.27. The zero-order valence-corrected chi connectivity index (χ0v) is 13.2. The summed E-state index contributed by atoms with van der Waals surface area (Å²) in [6, 6.07) is 5.67. The van der Waals surface area contributed by atoms with Crippen LogP contribution in [0.2, 0.25) is 5.02 Å². The minimum Gasteiger partial charge on any atom is -0.324 e. The Hall–Kier alpha value is -0.780. The quantitative estimate of drug-likeness (QED) is 0.811. The highest BCUT2D eigenvalue weighted by Gasteiger charge is 2.38. The third-order valence-electron chi connectivity index (χ3n) is 3.88. The van der Waals surface area contributed by atoms with E-state index in [0.717, 1.165) is 16.9 Å². The molecule has 1 saturated carbocycles. The number of sulfone groups is 1. The fourth-order valence-corrected chi connectivity index (χ4v) is 4.22. The lowest BCUT2D eigenvalue weighted by Gasteiger charge is -2.36. The van der Waals surface area contributed by atoms with Crippen LogP contribution < -0.4 is 0 Å². The van der Waals surface area contributed by atoms with Crippen LogP contribution in [0, 0.1) is 0 Å². The Balaban J connectivity index is 2.00. The Labute approximate surface area is 127 Å². The lowest BCUT2D eigenvalue weighted by atomic mass is 9.91. The van der Waals surface area contributed by atoms with Gasteiger partial charge in [0.2, 0.25) is 0 Å². The molecule has 1 aromatic heterocycles. The molecule has 1 aliphatic rings. The maximum Gasteiger partial charge on any atom is 0.150 e. The van der Waals surface area contributed by atoms with E-state index in [1.807, 2.05) is 12.1 Å². The Bertz CT molecular complexity index is 764. The first-order valence-electron chi connectivity index (χ1n) is 6.31. The molecule has 0 unspecified atom stereocenters. The van der Waals surface area contributed by atoms with Crippen LogP contribution in [0.5, 0.6) is 0 Å². The van der Waals surface area contributed by atoms with Crippen LogP contribution in [0.3, 0.4) is 0 Å². The summed E-state index contributed by atoms with van der Waals surface area (Å²) in [5.74, 6) is 1.06. The van der Waals surface area contributed by atoms with E-state index in [-0.39, 0.29) is 11.3 Å². The number of fused-ring (bicyclic) bond motifs is 1.